The lowest BCUT2D eigenvalue weighted by Gasteiger charge is -2.15. The molecule has 0 radical (unpaired) electrons. The number of amides is 1. The topological polar surface area (TPSA) is 82.5 Å². The minimum absolute atomic E-state index is 0.0355. The number of anilines is 1. The number of aliphatic carboxylic acids is 1. The van der Waals surface area contributed by atoms with Crippen LogP contribution in [0.5, 0.6) is 0 Å². The van der Waals surface area contributed by atoms with Gasteiger partial charge in [0.25, 0.3) is 0 Å². The van der Waals surface area contributed by atoms with E-state index in [1.54, 1.807) is 5.38 Å². The highest BCUT2D eigenvalue weighted by atomic mass is 32.1. The molecule has 2 heterocycles. The fourth-order valence-electron chi connectivity index (χ4n) is 2.78. The number of carbonyl (C=O) groups is 2. The summed E-state index contributed by atoms with van der Waals surface area (Å²) >= 11 is 1.38. The number of hydrogen-bond acceptors (Lipinski definition) is 5. The van der Waals surface area contributed by atoms with Crippen LogP contribution in [-0.2, 0) is 16.0 Å². The van der Waals surface area contributed by atoms with E-state index < -0.39 is 5.97 Å². The normalized spacial score (nSPS) is 14.7. The molecule has 0 saturated carbocycles. The molecule has 0 bridgehead atoms. The van der Waals surface area contributed by atoms with Crippen molar-refractivity contribution in [3.63, 3.8) is 0 Å². The number of thiazole rings is 1. The lowest BCUT2D eigenvalue weighted by Crippen LogP contribution is -2.31. The number of para-hydroxylation sites is 1. The average molecular weight is 345 g/mol. The second kappa shape index (κ2) is 7.55. The van der Waals surface area contributed by atoms with Gasteiger partial charge in [-0.05, 0) is 38.1 Å². The Hall–Kier alpha value is -2.25. The first-order valence-electron chi connectivity index (χ1n) is 7.89. The summed E-state index contributed by atoms with van der Waals surface area (Å²) in [5, 5.41) is 14.3. The SMILES string of the molecule is O=C(O)Cc1csc(-c2ccccc2NC(=O)CN2CCCC2)n1. The van der Waals surface area contributed by atoms with E-state index >= 15 is 0 Å². The second-order valence-corrected chi connectivity index (χ2v) is 6.65. The van der Waals surface area contributed by atoms with E-state index in [4.69, 9.17) is 5.11 Å². The molecule has 126 valence electrons. The van der Waals surface area contributed by atoms with Crippen molar-refractivity contribution >= 4 is 28.9 Å². The largest absolute Gasteiger partial charge is 0.481 e. The van der Waals surface area contributed by atoms with Crippen molar-refractivity contribution in [2.75, 3.05) is 25.0 Å². The Labute approximate surface area is 144 Å². The summed E-state index contributed by atoms with van der Waals surface area (Å²) in [6.45, 7) is 2.34. The van der Waals surface area contributed by atoms with E-state index in [9.17, 15) is 9.59 Å². The van der Waals surface area contributed by atoms with Gasteiger partial charge in [0, 0.05) is 10.9 Å². The minimum atomic E-state index is -0.904. The van der Waals surface area contributed by atoms with Gasteiger partial charge >= 0.3 is 5.97 Å². The molecule has 6 nitrogen and oxygen atoms in total. The zero-order chi connectivity index (χ0) is 16.9. The molecular formula is C17H19N3O3S. The molecule has 3 rings (SSSR count). The van der Waals surface area contributed by atoms with E-state index in [1.807, 2.05) is 24.3 Å². The Bertz CT molecular complexity index is 738. The molecule has 1 aliphatic rings. The minimum Gasteiger partial charge on any atom is -0.481 e. The molecule has 24 heavy (non-hydrogen) atoms. The Morgan fingerprint density at radius 1 is 1.25 bits per heavy atom. The predicted molar refractivity (Wildman–Crippen MR) is 93.2 cm³/mol. The van der Waals surface area contributed by atoms with Gasteiger partial charge in [-0.15, -0.1) is 11.3 Å². The van der Waals surface area contributed by atoms with Crippen molar-refractivity contribution in [1.29, 1.82) is 0 Å². The van der Waals surface area contributed by atoms with Crippen molar-refractivity contribution in [2.45, 2.75) is 19.3 Å². The van der Waals surface area contributed by atoms with Gasteiger partial charge in [-0.2, -0.15) is 0 Å². The number of hydrogen-bond donors (Lipinski definition) is 2. The van der Waals surface area contributed by atoms with Gasteiger partial charge in [-0.1, -0.05) is 12.1 Å². The Kier molecular flexibility index (Phi) is 5.22. The van der Waals surface area contributed by atoms with E-state index in [2.05, 4.69) is 15.2 Å². The zero-order valence-corrected chi connectivity index (χ0v) is 14.0. The van der Waals surface area contributed by atoms with Gasteiger partial charge in [0.2, 0.25) is 5.91 Å². The zero-order valence-electron chi connectivity index (χ0n) is 13.2. The Balaban J connectivity index is 1.73. The molecule has 2 N–H and O–H groups in total. The molecule has 0 unspecified atom stereocenters. The molecule has 0 spiro atoms. The van der Waals surface area contributed by atoms with Crippen molar-refractivity contribution in [3.8, 4) is 10.6 Å². The van der Waals surface area contributed by atoms with Crippen molar-refractivity contribution < 1.29 is 14.7 Å². The first kappa shape index (κ1) is 16.6. The summed E-state index contributed by atoms with van der Waals surface area (Å²) in [5.41, 5.74) is 2.05. The molecule has 0 aliphatic carbocycles. The van der Waals surface area contributed by atoms with Crippen LogP contribution in [0.4, 0.5) is 5.69 Å². The van der Waals surface area contributed by atoms with Crippen LogP contribution < -0.4 is 5.32 Å². The van der Waals surface area contributed by atoms with Crippen molar-refractivity contribution in [3.05, 3.63) is 35.3 Å². The fourth-order valence-corrected chi connectivity index (χ4v) is 3.64. The Morgan fingerprint density at radius 2 is 2.00 bits per heavy atom. The van der Waals surface area contributed by atoms with Gasteiger partial charge in [0.05, 0.1) is 24.3 Å². The van der Waals surface area contributed by atoms with Gasteiger partial charge < -0.3 is 10.4 Å². The van der Waals surface area contributed by atoms with Crippen molar-refractivity contribution in [1.82, 2.24) is 9.88 Å². The third-order valence-electron chi connectivity index (χ3n) is 3.88. The van der Waals surface area contributed by atoms with Crippen LogP contribution in [0.2, 0.25) is 0 Å². The summed E-state index contributed by atoms with van der Waals surface area (Å²) < 4.78 is 0. The van der Waals surface area contributed by atoms with Gasteiger partial charge in [0.1, 0.15) is 5.01 Å². The maximum Gasteiger partial charge on any atom is 0.309 e. The number of carboxylic acids is 1. The standard InChI is InChI=1S/C17H19N3O3S/c21-15(10-20-7-3-4-8-20)19-14-6-2-1-5-13(14)17-18-12(11-24-17)9-16(22)23/h1-2,5-6,11H,3-4,7-10H2,(H,19,21)(H,22,23). The molecule has 1 aromatic carbocycles. The number of carbonyl (C=O) groups excluding carboxylic acids is 1. The average Bonchev–Trinajstić information content (AvgIpc) is 3.19. The van der Waals surface area contributed by atoms with Crippen LogP contribution in [0.15, 0.2) is 29.6 Å². The fraction of sp³-hybridized carbons (Fsp3) is 0.353. The summed E-state index contributed by atoms with van der Waals surface area (Å²) in [7, 11) is 0. The maximum atomic E-state index is 12.3. The first-order chi connectivity index (χ1) is 11.6. The molecule has 1 saturated heterocycles. The highest BCUT2D eigenvalue weighted by Gasteiger charge is 2.17. The summed E-state index contributed by atoms with van der Waals surface area (Å²) in [5.74, 6) is -0.939. The highest BCUT2D eigenvalue weighted by molar-refractivity contribution is 7.13. The molecule has 0 atom stereocenters. The van der Waals surface area contributed by atoms with Crippen LogP contribution in [0.3, 0.4) is 0 Å². The lowest BCUT2D eigenvalue weighted by atomic mass is 10.2. The van der Waals surface area contributed by atoms with Crippen LogP contribution >= 0.6 is 11.3 Å². The molecule has 1 fully saturated rings. The highest BCUT2D eigenvalue weighted by Crippen LogP contribution is 2.30. The van der Waals surface area contributed by atoms with E-state index in [0.717, 1.165) is 31.5 Å². The van der Waals surface area contributed by atoms with E-state index in [1.165, 1.54) is 11.3 Å². The van der Waals surface area contributed by atoms with Crippen LogP contribution in [-0.4, -0.2) is 46.5 Å². The van der Waals surface area contributed by atoms with Gasteiger partial charge in [0.15, 0.2) is 0 Å². The smallest absolute Gasteiger partial charge is 0.309 e. The monoisotopic (exact) mass is 345 g/mol. The number of carboxylic acid groups (broad SMARTS) is 1. The predicted octanol–water partition coefficient (Wildman–Crippen LogP) is 2.47. The third-order valence-corrected chi connectivity index (χ3v) is 4.81. The third kappa shape index (κ3) is 4.18. The van der Waals surface area contributed by atoms with Crippen molar-refractivity contribution in [2.24, 2.45) is 0 Å². The van der Waals surface area contributed by atoms with E-state index in [-0.39, 0.29) is 12.3 Å². The molecule has 1 amide bonds. The molecule has 1 aliphatic heterocycles. The second-order valence-electron chi connectivity index (χ2n) is 5.79. The molecule has 2 aromatic rings. The van der Waals surface area contributed by atoms with Crippen LogP contribution in [0, 0.1) is 0 Å². The summed E-state index contributed by atoms with van der Waals surface area (Å²) in [6, 6.07) is 7.47. The summed E-state index contributed by atoms with van der Waals surface area (Å²) in [6.07, 6.45) is 2.20. The number of rotatable bonds is 6. The number of nitrogens with one attached hydrogen (secondary N) is 1. The number of aromatic nitrogens is 1. The molecular weight excluding hydrogens is 326 g/mol. The van der Waals surface area contributed by atoms with Crippen LogP contribution in [0.25, 0.3) is 10.6 Å². The first-order valence-corrected chi connectivity index (χ1v) is 8.77. The number of benzene rings is 1. The van der Waals surface area contributed by atoms with Gasteiger partial charge in [-0.25, -0.2) is 4.98 Å². The van der Waals surface area contributed by atoms with Gasteiger partial charge in [-0.3, -0.25) is 14.5 Å². The number of nitrogens with zero attached hydrogens (tertiary/aromatic N) is 2. The van der Waals surface area contributed by atoms with Crippen LogP contribution in [0.1, 0.15) is 18.5 Å². The quantitative estimate of drug-likeness (QED) is 0.840. The maximum absolute atomic E-state index is 12.3. The Morgan fingerprint density at radius 3 is 2.75 bits per heavy atom. The molecule has 1 aromatic heterocycles. The molecule has 7 heteroatoms. The lowest BCUT2D eigenvalue weighted by molar-refractivity contribution is -0.136. The summed E-state index contributed by atoms with van der Waals surface area (Å²) in [4.78, 5) is 29.6. The number of likely N-dealkylation sites (tertiary alicyclic amines) is 1. The van der Waals surface area contributed by atoms with E-state index in [0.29, 0.717) is 22.9 Å².